The molecule has 5 nitrogen and oxygen atoms in total. The van der Waals surface area contributed by atoms with Crippen molar-refractivity contribution < 1.29 is 24.0 Å². The van der Waals surface area contributed by atoms with Gasteiger partial charge in [0.05, 0.1) is 6.61 Å². The minimum atomic E-state index is -0.383. The molecule has 0 radical (unpaired) electrons. The third-order valence-electron chi connectivity index (χ3n) is 4.54. The molecule has 1 aliphatic rings. The molecule has 136 valence electrons. The Balaban J connectivity index is 1.59. The molecule has 0 bridgehead atoms. The maximum atomic E-state index is 12.4. The van der Waals surface area contributed by atoms with Gasteiger partial charge in [0.1, 0.15) is 13.2 Å². The van der Waals surface area contributed by atoms with Gasteiger partial charge in [0.2, 0.25) is 6.04 Å². The summed E-state index contributed by atoms with van der Waals surface area (Å²) in [6.07, 6.45) is 0.553. The van der Waals surface area contributed by atoms with Crippen LogP contribution in [0.3, 0.4) is 0 Å². The highest BCUT2D eigenvalue weighted by molar-refractivity contribution is 5.79. The number of quaternary nitrogens is 1. The van der Waals surface area contributed by atoms with Gasteiger partial charge >= 0.3 is 11.9 Å². The summed E-state index contributed by atoms with van der Waals surface area (Å²) in [5, 5.41) is 0. The van der Waals surface area contributed by atoms with Crippen LogP contribution in [0.1, 0.15) is 18.1 Å². The van der Waals surface area contributed by atoms with Gasteiger partial charge in [0.15, 0.2) is 6.04 Å². The topological polar surface area (TPSA) is 57.0 Å². The van der Waals surface area contributed by atoms with E-state index in [0.29, 0.717) is 19.6 Å². The number of carbonyl (C=O) groups excluding carboxylic acids is 2. The van der Waals surface area contributed by atoms with E-state index in [0.717, 1.165) is 16.0 Å². The average Bonchev–Trinajstić information content (AvgIpc) is 3.46. The van der Waals surface area contributed by atoms with Crippen LogP contribution in [0.5, 0.6) is 0 Å². The third-order valence-corrected chi connectivity index (χ3v) is 4.54. The molecule has 1 unspecified atom stereocenters. The van der Waals surface area contributed by atoms with Crippen molar-refractivity contribution in [1.29, 1.82) is 0 Å². The van der Waals surface area contributed by atoms with Crippen molar-refractivity contribution >= 4 is 11.9 Å². The third kappa shape index (κ3) is 4.70. The minimum absolute atomic E-state index is 0.256. The second-order valence-electron chi connectivity index (χ2n) is 6.42. The summed E-state index contributed by atoms with van der Waals surface area (Å²) >= 11 is 0. The summed E-state index contributed by atoms with van der Waals surface area (Å²) in [6.45, 7) is 2.98. The standard InChI is InChI=1S/C21H23NO4/c1-2-25-20(23)18(13-16-9-5-3-6-10-16)22-14-19(22)21(24)26-15-17-11-7-4-8-12-17/h3-12,18-19H,2,13-15H2,1H3/p+1/t18-,19-,22?/m1/s1. The van der Waals surface area contributed by atoms with Gasteiger partial charge in [-0.3, -0.25) is 0 Å². The number of ether oxygens (including phenoxy) is 2. The first-order valence-electron chi connectivity index (χ1n) is 8.95. The first-order valence-corrected chi connectivity index (χ1v) is 8.95. The normalized spacial score (nSPS) is 19.4. The van der Waals surface area contributed by atoms with Crippen molar-refractivity contribution in [3.05, 3.63) is 71.8 Å². The molecule has 2 aromatic carbocycles. The van der Waals surface area contributed by atoms with Gasteiger partial charge in [-0.15, -0.1) is 0 Å². The van der Waals surface area contributed by atoms with Crippen molar-refractivity contribution in [3.63, 3.8) is 0 Å². The van der Waals surface area contributed by atoms with Crippen LogP contribution in [0, 0.1) is 0 Å². The van der Waals surface area contributed by atoms with Crippen LogP contribution in [0.25, 0.3) is 0 Å². The number of hydrogen-bond donors (Lipinski definition) is 1. The fraction of sp³-hybridized carbons (Fsp3) is 0.333. The van der Waals surface area contributed by atoms with Gasteiger partial charge in [-0.25, -0.2) is 9.59 Å². The number of nitrogens with one attached hydrogen (secondary N) is 1. The van der Waals surface area contributed by atoms with Crippen LogP contribution in [-0.4, -0.2) is 37.2 Å². The van der Waals surface area contributed by atoms with Gasteiger partial charge in [-0.05, 0) is 18.1 Å². The van der Waals surface area contributed by atoms with Gasteiger partial charge in [0.25, 0.3) is 0 Å². The average molecular weight is 354 g/mol. The molecule has 0 aliphatic carbocycles. The number of carbonyl (C=O) groups is 2. The van der Waals surface area contributed by atoms with Crippen LogP contribution in [0.4, 0.5) is 0 Å². The number of hydrogen-bond acceptors (Lipinski definition) is 4. The molecule has 1 saturated heterocycles. The molecular formula is C21H24NO4+. The van der Waals surface area contributed by atoms with E-state index >= 15 is 0 Å². The highest BCUT2D eigenvalue weighted by atomic mass is 16.5. The van der Waals surface area contributed by atoms with E-state index in [1.54, 1.807) is 6.92 Å². The second kappa shape index (κ2) is 8.63. The SMILES string of the molecule is CCOC(=O)[C@@H](Cc1ccccc1)[NH+]1C[C@@H]1C(=O)OCc1ccccc1. The lowest BCUT2D eigenvalue weighted by Gasteiger charge is -2.14. The van der Waals surface area contributed by atoms with E-state index in [1.807, 2.05) is 60.7 Å². The summed E-state index contributed by atoms with van der Waals surface area (Å²) < 4.78 is 10.6. The molecular weight excluding hydrogens is 330 g/mol. The molecule has 1 N–H and O–H groups in total. The Morgan fingerprint density at radius 1 is 1.00 bits per heavy atom. The summed E-state index contributed by atoms with van der Waals surface area (Å²) in [7, 11) is 0. The fourth-order valence-electron chi connectivity index (χ4n) is 3.08. The Kier molecular flexibility index (Phi) is 6.02. The molecule has 5 heteroatoms. The van der Waals surface area contributed by atoms with E-state index in [2.05, 4.69) is 0 Å². The molecule has 1 heterocycles. The predicted molar refractivity (Wildman–Crippen MR) is 96.4 cm³/mol. The van der Waals surface area contributed by atoms with Crippen LogP contribution < -0.4 is 4.90 Å². The summed E-state index contributed by atoms with van der Waals surface area (Å²) in [5.41, 5.74) is 2.01. The Hall–Kier alpha value is -2.66. The van der Waals surface area contributed by atoms with Crippen LogP contribution in [0.15, 0.2) is 60.7 Å². The van der Waals surface area contributed by atoms with E-state index in [4.69, 9.17) is 9.47 Å². The summed E-state index contributed by atoms with van der Waals surface area (Å²) in [5.74, 6) is -0.518. The smallest absolute Gasteiger partial charge is 0.371 e. The van der Waals surface area contributed by atoms with Crippen molar-refractivity contribution in [3.8, 4) is 0 Å². The largest absolute Gasteiger partial charge is 0.462 e. The van der Waals surface area contributed by atoms with Crippen LogP contribution in [0.2, 0.25) is 0 Å². The maximum Gasteiger partial charge on any atom is 0.371 e. The van der Waals surface area contributed by atoms with E-state index in [9.17, 15) is 9.59 Å². The highest BCUT2D eigenvalue weighted by Crippen LogP contribution is 2.08. The molecule has 2 aromatic rings. The van der Waals surface area contributed by atoms with Crippen molar-refractivity contribution in [2.75, 3.05) is 13.2 Å². The number of rotatable bonds is 8. The second-order valence-corrected chi connectivity index (χ2v) is 6.42. The Labute approximate surface area is 153 Å². The van der Waals surface area contributed by atoms with Crippen LogP contribution >= 0.6 is 0 Å². The summed E-state index contributed by atoms with van der Waals surface area (Å²) in [6, 6.07) is 18.7. The van der Waals surface area contributed by atoms with Gasteiger partial charge in [0, 0.05) is 6.42 Å². The fourth-order valence-corrected chi connectivity index (χ4v) is 3.08. The molecule has 3 rings (SSSR count). The lowest BCUT2D eigenvalue weighted by Crippen LogP contribution is -3.02. The molecule has 0 saturated carbocycles. The van der Waals surface area contributed by atoms with Gasteiger partial charge < -0.3 is 14.4 Å². The van der Waals surface area contributed by atoms with Crippen LogP contribution in [-0.2, 0) is 32.1 Å². The number of esters is 2. The van der Waals surface area contributed by atoms with Crippen molar-refractivity contribution in [2.24, 2.45) is 0 Å². The predicted octanol–water partition coefficient (Wildman–Crippen LogP) is 1.17. The molecule has 0 spiro atoms. The molecule has 0 amide bonds. The Morgan fingerprint density at radius 2 is 1.62 bits per heavy atom. The first-order chi connectivity index (χ1) is 12.7. The van der Waals surface area contributed by atoms with Crippen molar-refractivity contribution in [1.82, 2.24) is 0 Å². The van der Waals surface area contributed by atoms with E-state index in [1.165, 1.54) is 0 Å². The van der Waals surface area contributed by atoms with Crippen molar-refractivity contribution in [2.45, 2.75) is 32.0 Å². The summed E-state index contributed by atoms with van der Waals surface area (Å²) in [4.78, 5) is 25.6. The maximum absolute atomic E-state index is 12.4. The van der Waals surface area contributed by atoms with Gasteiger partial charge in [-0.2, -0.15) is 0 Å². The zero-order valence-corrected chi connectivity index (χ0v) is 14.9. The zero-order valence-electron chi connectivity index (χ0n) is 14.9. The number of benzene rings is 2. The Morgan fingerprint density at radius 3 is 2.23 bits per heavy atom. The molecule has 26 heavy (non-hydrogen) atoms. The zero-order chi connectivity index (χ0) is 18.4. The highest BCUT2D eigenvalue weighted by Gasteiger charge is 2.55. The Bertz CT molecular complexity index is 732. The molecule has 0 aromatic heterocycles. The first kappa shape index (κ1) is 18.1. The monoisotopic (exact) mass is 354 g/mol. The lowest BCUT2D eigenvalue weighted by atomic mass is 10.1. The van der Waals surface area contributed by atoms with E-state index in [-0.39, 0.29) is 30.6 Å². The van der Waals surface area contributed by atoms with Gasteiger partial charge in [-0.1, -0.05) is 60.7 Å². The minimum Gasteiger partial charge on any atom is -0.462 e. The molecule has 1 fully saturated rings. The molecule has 1 aliphatic heterocycles. The quantitative estimate of drug-likeness (QED) is 0.571. The van der Waals surface area contributed by atoms with E-state index < -0.39 is 0 Å². The molecule has 3 atom stereocenters. The lowest BCUT2D eigenvalue weighted by molar-refractivity contribution is -0.789.